The highest BCUT2D eigenvalue weighted by atomic mass is 79.9. The van der Waals surface area contributed by atoms with Crippen LogP contribution in [-0.2, 0) is 17.9 Å². The van der Waals surface area contributed by atoms with Gasteiger partial charge in [0.2, 0.25) is 0 Å². The number of hydrogen-bond donors (Lipinski definition) is 0. The maximum absolute atomic E-state index is 13.0. The first-order valence-corrected chi connectivity index (χ1v) is 13.3. The Morgan fingerprint density at radius 3 is 2.50 bits per heavy atom. The lowest BCUT2D eigenvalue weighted by atomic mass is 10.1. The zero-order chi connectivity index (χ0) is 25.2. The number of nitrogens with zero attached hydrogens (tertiary/aromatic N) is 1. The van der Waals surface area contributed by atoms with Gasteiger partial charge < -0.3 is 4.74 Å². The predicted octanol–water partition coefficient (Wildman–Crippen LogP) is 8.72. The number of carbonyl (C=O) groups is 2. The van der Waals surface area contributed by atoms with Crippen LogP contribution in [0.4, 0.5) is 4.79 Å². The summed E-state index contributed by atoms with van der Waals surface area (Å²) < 4.78 is 6.61. The Hall–Kier alpha value is -2.77. The van der Waals surface area contributed by atoms with Crippen LogP contribution in [0.3, 0.4) is 0 Å². The van der Waals surface area contributed by atoms with E-state index in [1.165, 1.54) is 4.90 Å². The van der Waals surface area contributed by atoms with Gasteiger partial charge in [0, 0.05) is 15.6 Å². The van der Waals surface area contributed by atoms with Crippen LogP contribution in [0, 0.1) is 0 Å². The van der Waals surface area contributed by atoms with Crippen molar-refractivity contribution in [1.82, 2.24) is 4.90 Å². The first-order chi connectivity index (χ1) is 17.4. The number of carbonyl (C=O) groups excluding carboxylic acids is 2. The van der Waals surface area contributed by atoms with Crippen molar-refractivity contribution in [3.05, 3.63) is 115 Å². The molecule has 0 bridgehead atoms. The van der Waals surface area contributed by atoms with Gasteiger partial charge in [-0.15, -0.1) is 0 Å². The largest absolute Gasteiger partial charge is 0.488 e. The lowest BCUT2D eigenvalue weighted by molar-refractivity contribution is -0.123. The SMILES string of the molecule is O=C1S/C(=C/c2ccc(OCc3ccc(Cl)cc3Cl)c(Br)c2)C(=O)N1Cc1ccc2ccccc2c1. The van der Waals surface area contributed by atoms with E-state index in [4.69, 9.17) is 27.9 Å². The lowest BCUT2D eigenvalue weighted by Gasteiger charge is -2.13. The van der Waals surface area contributed by atoms with E-state index >= 15 is 0 Å². The summed E-state index contributed by atoms with van der Waals surface area (Å²) in [7, 11) is 0. The average molecular weight is 599 g/mol. The Morgan fingerprint density at radius 2 is 1.72 bits per heavy atom. The molecule has 4 aromatic rings. The van der Waals surface area contributed by atoms with Gasteiger partial charge in [0.15, 0.2) is 0 Å². The molecule has 4 aromatic carbocycles. The first-order valence-electron chi connectivity index (χ1n) is 11.0. The smallest absolute Gasteiger partial charge is 0.293 e. The van der Waals surface area contributed by atoms with Crippen molar-refractivity contribution in [3.63, 3.8) is 0 Å². The summed E-state index contributed by atoms with van der Waals surface area (Å²) in [4.78, 5) is 27.3. The van der Waals surface area contributed by atoms with Gasteiger partial charge in [-0.3, -0.25) is 14.5 Å². The van der Waals surface area contributed by atoms with Crippen molar-refractivity contribution in [3.8, 4) is 5.75 Å². The number of rotatable bonds is 6. The van der Waals surface area contributed by atoms with Crippen molar-refractivity contribution in [1.29, 1.82) is 0 Å². The first kappa shape index (κ1) is 24.9. The molecule has 1 aliphatic rings. The number of benzene rings is 4. The second-order valence-corrected chi connectivity index (χ2v) is 10.9. The average Bonchev–Trinajstić information content (AvgIpc) is 3.11. The number of halogens is 3. The second kappa shape index (κ2) is 10.7. The minimum atomic E-state index is -0.299. The molecule has 0 aliphatic carbocycles. The minimum Gasteiger partial charge on any atom is -0.488 e. The third kappa shape index (κ3) is 5.47. The maximum Gasteiger partial charge on any atom is 0.293 e. The van der Waals surface area contributed by atoms with Gasteiger partial charge in [-0.05, 0) is 86.0 Å². The van der Waals surface area contributed by atoms with Gasteiger partial charge in [0.1, 0.15) is 12.4 Å². The number of amides is 2. The second-order valence-electron chi connectivity index (χ2n) is 8.16. The predicted molar refractivity (Wildman–Crippen MR) is 150 cm³/mol. The van der Waals surface area contributed by atoms with E-state index in [1.807, 2.05) is 60.7 Å². The fourth-order valence-corrected chi connectivity index (χ4v) is 5.64. The van der Waals surface area contributed by atoms with E-state index in [-0.39, 0.29) is 24.3 Å². The molecule has 0 saturated carbocycles. The topological polar surface area (TPSA) is 46.6 Å². The molecule has 0 aromatic heterocycles. The van der Waals surface area contributed by atoms with Crippen LogP contribution in [-0.4, -0.2) is 16.0 Å². The quantitative estimate of drug-likeness (QED) is 0.208. The molecule has 0 N–H and O–H groups in total. The van der Waals surface area contributed by atoms with Crippen molar-refractivity contribution in [2.75, 3.05) is 0 Å². The van der Waals surface area contributed by atoms with Crippen LogP contribution in [0.15, 0.2) is 88.2 Å². The van der Waals surface area contributed by atoms with Crippen LogP contribution >= 0.6 is 50.9 Å². The molecule has 1 aliphatic heterocycles. The molecule has 8 heteroatoms. The molecule has 1 saturated heterocycles. The third-order valence-electron chi connectivity index (χ3n) is 5.68. The molecule has 0 unspecified atom stereocenters. The van der Waals surface area contributed by atoms with E-state index < -0.39 is 0 Å². The monoisotopic (exact) mass is 597 g/mol. The number of hydrogen-bond acceptors (Lipinski definition) is 4. The summed E-state index contributed by atoms with van der Waals surface area (Å²) in [5.74, 6) is 0.328. The highest BCUT2D eigenvalue weighted by Crippen LogP contribution is 2.35. The summed E-state index contributed by atoms with van der Waals surface area (Å²) in [5.41, 5.74) is 2.49. The van der Waals surface area contributed by atoms with Crippen LogP contribution < -0.4 is 4.74 Å². The van der Waals surface area contributed by atoms with Gasteiger partial charge in [0.05, 0.1) is 15.9 Å². The minimum absolute atomic E-state index is 0.233. The van der Waals surface area contributed by atoms with Gasteiger partial charge in [-0.1, -0.05) is 71.7 Å². The van der Waals surface area contributed by atoms with Gasteiger partial charge in [0.25, 0.3) is 11.1 Å². The normalized spacial score (nSPS) is 14.8. The van der Waals surface area contributed by atoms with Crippen LogP contribution in [0.1, 0.15) is 16.7 Å². The molecule has 0 spiro atoms. The highest BCUT2D eigenvalue weighted by Gasteiger charge is 2.35. The Balaban J connectivity index is 1.28. The number of thioether (sulfide) groups is 1. The van der Waals surface area contributed by atoms with Crippen molar-refractivity contribution < 1.29 is 14.3 Å². The standard InChI is InChI=1S/C28H18BrCl2NO3S/c29-23-12-17(6-10-25(23)35-16-21-8-9-22(30)14-24(21)31)13-26-27(33)32(28(34)36-26)15-18-5-7-19-3-1-2-4-20(19)11-18/h1-14H,15-16H2/b26-13+. The van der Waals surface area contributed by atoms with E-state index in [0.29, 0.717) is 20.7 Å². The van der Waals surface area contributed by atoms with Crippen LogP contribution in [0.25, 0.3) is 16.8 Å². The molecular formula is C28H18BrCl2NO3S. The molecule has 0 radical (unpaired) electrons. The Morgan fingerprint density at radius 1 is 0.917 bits per heavy atom. The van der Waals surface area contributed by atoms with Crippen molar-refractivity contribution in [2.24, 2.45) is 0 Å². The van der Waals surface area contributed by atoms with Crippen molar-refractivity contribution >= 4 is 78.9 Å². The number of imide groups is 1. The summed E-state index contributed by atoms with van der Waals surface area (Å²) in [6.45, 7) is 0.512. The molecule has 5 rings (SSSR count). The summed E-state index contributed by atoms with van der Waals surface area (Å²) in [6, 6.07) is 24.7. The molecule has 4 nitrogen and oxygen atoms in total. The lowest BCUT2D eigenvalue weighted by Crippen LogP contribution is -2.27. The van der Waals surface area contributed by atoms with Gasteiger partial charge in [-0.2, -0.15) is 0 Å². The van der Waals surface area contributed by atoms with Gasteiger partial charge in [-0.25, -0.2) is 0 Å². The molecular weight excluding hydrogens is 581 g/mol. The number of ether oxygens (including phenoxy) is 1. The Labute approximate surface area is 231 Å². The summed E-state index contributed by atoms with van der Waals surface area (Å²) in [6.07, 6.45) is 1.72. The van der Waals surface area contributed by atoms with Crippen molar-refractivity contribution in [2.45, 2.75) is 13.2 Å². The third-order valence-corrected chi connectivity index (χ3v) is 7.79. The van der Waals surface area contributed by atoms with E-state index in [1.54, 1.807) is 24.3 Å². The molecule has 36 heavy (non-hydrogen) atoms. The molecule has 180 valence electrons. The van der Waals surface area contributed by atoms with Gasteiger partial charge >= 0.3 is 0 Å². The molecule has 1 fully saturated rings. The zero-order valence-electron chi connectivity index (χ0n) is 18.7. The molecule has 2 amide bonds. The zero-order valence-corrected chi connectivity index (χ0v) is 22.6. The fourth-order valence-electron chi connectivity index (χ4n) is 3.83. The van der Waals surface area contributed by atoms with Crippen LogP contribution in [0.5, 0.6) is 5.75 Å². The highest BCUT2D eigenvalue weighted by molar-refractivity contribution is 9.10. The van der Waals surface area contributed by atoms with Crippen LogP contribution in [0.2, 0.25) is 10.0 Å². The summed E-state index contributed by atoms with van der Waals surface area (Å²) in [5, 5.41) is 3.01. The van der Waals surface area contributed by atoms with E-state index in [9.17, 15) is 9.59 Å². The fraction of sp³-hybridized carbons (Fsp3) is 0.0714. The Kier molecular flexibility index (Phi) is 7.39. The van der Waals surface area contributed by atoms with E-state index in [0.717, 1.165) is 43.7 Å². The maximum atomic E-state index is 13.0. The van der Waals surface area contributed by atoms with E-state index in [2.05, 4.69) is 15.9 Å². The molecule has 1 heterocycles. The molecule has 0 atom stereocenters. The summed E-state index contributed by atoms with van der Waals surface area (Å²) >= 11 is 16.6. The Bertz CT molecular complexity index is 1540. The number of fused-ring (bicyclic) bond motifs is 1.